The number of piperidine rings is 1. The predicted molar refractivity (Wildman–Crippen MR) is 107 cm³/mol. The van der Waals surface area contributed by atoms with Gasteiger partial charge < -0.3 is 10.2 Å². The maximum Gasteiger partial charge on any atom is 0.264 e. The number of aryl methyl sites for hydroxylation is 1. The standard InChI is InChI=1S/C18H28N4OS.ClH/c1-12(2)16-14-11-15(24-18(14)21(4)20-16)17(23)22-9-6-13(7-10-22)5-8-19-3;/h11-13,19H,5-10H2,1-4H3;1H. The van der Waals surface area contributed by atoms with Gasteiger partial charge in [0, 0.05) is 25.5 Å². The first-order chi connectivity index (χ1) is 11.5. The number of likely N-dealkylation sites (tertiary alicyclic amines) is 1. The average molecular weight is 385 g/mol. The number of hydrogen-bond donors (Lipinski definition) is 1. The summed E-state index contributed by atoms with van der Waals surface area (Å²) in [5.41, 5.74) is 1.09. The monoisotopic (exact) mass is 384 g/mol. The Morgan fingerprint density at radius 1 is 1.40 bits per heavy atom. The number of carbonyl (C=O) groups excluding carboxylic acids is 1. The molecule has 0 aromatic carbocycles. The Kier molecular flexibility index (Phi) is 6.88. The second-order valence-corrected chi connectivity index (χ2v) is 8.15. The molecule has 7 heteroatoms. The van der Waals surface area contributed by atoms with Crippen LogP contribution in [-0.4, -0.2) is 47.3 Å². The Balaban J connectivity index is 0.00000225. The summed E-state index contributed by atoms with van der Waals surface area (Å²) in [6.45, 7) is 7.14. The van der Waals surface area contributed by atoms with Crippen LogP contribution < -0.4 is 5.32 Å². The number of nitrogens with one attached hydrogen (secondary N) is 1. The molecule has 3 heterocycles. The van der Waals surface area contributed by atoms with Crippen molar-refractivity contribution in [2.75, 3.05) is 26.7 Å². The van der Waals surface area contributed by atoms with E-state index in [1.54, 1.807) is 11.3 Å². The van der Waals surface area contributed by atoms with Gasteiger partial charge in [-0.15, -0.1) is 23.7 Å². The van der Waals surface area contributed by atoms with Gasteiger partial charge >= 0.3 is 0 Å². The summed E-state index contributed by atoms with van der Waals surface area (Å²) < 4.78 is 1.91. The van der Waals surface area contributed by atoms with Crippen molar-refractivity contribution in [3.05, 3.63) is 16.6 Å². The summed E-state index contributed by atoms with van der Waals surface area (Å²) in [5, 5.41) is 8.96. The fourth-order valence-corrected chi connectivity index (χ4v) is 4.57. The maximum atomic E-state index is 12.9. The molecule has 5 nitrogen and oxygen atoms in total. The van der Waals surface area contributed by atoms with Crippen LogP contribution >= 0.6 is 23.7 Å². The van der Waals surface area contributed by atoms with E-state index in [-0.39, 0.29) is 18.3 Å². The van der Waals surface area contributed by atoms with E-state index in [4.69, 9.17) is 0 Å². The van der Waals surface area contributed by atoms with Crippen LogP contribution in [0.4, 0.5) is 0 Å². The van der Waals surface area contributed by atoms with E-state index in [1.807, 2.05) is 23.7 Å². The predicted octanol–water partition coefficient (Wildman–Crippen LogP) is 3.64. The van der Waals surface area contributed by atoms with Crippen molar-refractivity contribution in [1.29, 1.82) is 0 Å². The molecule has 0 saturated carbocycles. The van der Waals surface area contributed by atoms with Gasteiger partial charge in [-0.3, -0.25) is 9.48 Å². The lowest BCUT2D eigenvalue weighted by molar-refractivity contribution is 0.0692. The summed E-state index contributed by atoms with van der Waals surface area (Å²) in [6.07, 6.45) is 3.46. The quantitative estimate of drug-likeness (QED) is 0.856. The Labute approximate surface area is 160 Å². The Bertz CT molecular complexity index is 716. The minimum Gasteiger partial charge on any atom is -0.338 e. The molecule has 1 fully saturated rings. The molecule has 1 saturated heterocycles. The number of thiophene rings is 1. The molecule has 0 radical (unpaired) electrons. The molecule has 25 heavy (non-hydrogen) atoms. The second-order valence-electron chi connectivity index (χ2n) is 7.12. The van der Waals surface area contributed by atoms with Gasteiger partial charge in [0.1, 0.15) is 4.83 Å². The van der Waals surface area contributed by atoms with Gasteiger partial charge in [0.2, 0.25) is 0 Å². The lowest BCUT2D eigenvalue weighted by Gasteiger charge is -2.31. The third-order valence-electron chi connectivity index (χ3n) is 5.00. The molecule has 140 valence electrons. The largest absolute Gasteiger partial charge is 0.338 e. The number of amides is 1. The Morgan fingerprint density at radius 3 is 2.68 bits per heavy atom. The molecule has 0 aliphatic carbocycles. The molecule has 2 aromatic heterocycles. The molecular formula is C18H29ClN4OS. The smallest absolute Gasteiger partial charge is 0.264 e. The summed E-state index contributed by atoms with van der Waals surface area (Å²) in [6, 6.07) is 2.05. The molecule has 1 aliphatic rings. The summed E-state index contributed by atoms with van der Waals surface area (Å²) >= 11 is 1.58. The van der Waals surface area contributed by atoms with E-state index in [0.29, 0.717) is 5.92 Å². The lowest BCUT2D eigenvalue weighted by atomic mass is 9.93. The van der Waals surface area contributed by atoms with Crippen LogP contribution in [0.5, 0.6) is 0 Å². The van der Waals surface area contributed by atoms with E-state index in [0.717, 1.165) is 59.2 Å². The average Bonchev–Trinajstić information content (AvgIpc) is 3.13. The van der Waals surface area contributed by atoms with Crippen molar-refractivity contribution < 1.29 is 4.79 Å². The number of fused-ring (bicyclic) bond motifs is 1. The first kappa shape index (κ1) is 20.2. The molecule has 0 unspecified atom stereocenters. The van der Waals surface area contributed by atoms with Crippen molar-refractivity contribution in [2.24, 2.45) is 13.0 Å². The van der Waals surface area contributed by atoms with Gasteiger partial charge in [-0.05, 0) is 50.8 Å². The highest BCUT2D eigenvalue weighted by atomic mass is 35.5. The van der Waals surface area contributed by atoms with E-state index < -0.39 is 0 Å². The molecule has 3 rings (SSSR count). The van der Waals surface area contributed by atoms with Gasteiger partial charge in [-0.25, -0.2) is 0 Å². The zero-order valence-corrected chi connectivity index (χ0v) is 17.2. The van der Waals surface area contributed by atoms with Gasteiger partial charge in [-0.1, -0.05) is 13.8 Å². The summed E-state index contributed by atoms with van der Waals surface area (Å²) in [7, 11) is 3.96. The fraction of sp³-hybridized carbons (Fsp3) is 0.667. The molecule has 0 spiro atoms. The Hall–Kier alpha value is -1.11. The minimum absolute atomic E-state index is 0. The highest BCUT2D eigenvalue weighted by molar-refractivity contribution is 7.20. The third-order valence-corrected chi connectivity index (χ3v) is 6.19. The molecule has 1 N–H and O–H groups in total. The highest BCUT2D eigenvalue weighted by Crippen LogP contribution is 2.32. The number of carbonyl (C=O) groups is 1. The molecular weight excluding hydrogens is 356 g/mol. The third kappa shape index (κ3) is 4.18. The van der Waals surface area contributed by atoms with Crippen LogP contribution in [0.15, 0.2) is 6.07 Å². The topological polar surface area (TPSA) is 50.2 Å². The summed E-state index contributed by atoms with van der Waals surface area (Å²) in [4.78, 5) is 16.9. The number of hydrogen-bond acceptors (Lipinski definition) is 4. The Morgan fingerprint density at radius 2 is 2.08 bits per heavy atom. The van der Waals surface area contributed by atoms with Crippen LogP contribution in [0, 0.1) is 5.92 Å². The van der Waals surface area contributed by atoms with E-state index in [2.05, 4.69) is 30.3 Å². The molecule has 0 atom stereocenters. The zero-order valence-electron chi connectivity index (χ0n) is 15.5. The normalized spacial score (nSPS) is 15.8. The first-order valence-corrected chi connectivity index (χ1v) is 9.73. The van der Waals surface area contributed by atoms with Gasteiger partial charge in [-0.2, -0.15) is 5.10 Å². The minimum atomic E-state index is 0. The molecule has 1 amide bonds. The second kappa shape index (κ2) is 8.52. The van der Waals surface area contributed by atoms with E-state index in [1.165, 1.54) is 6.42 Å². The van der Waals surface area contributed by atoms with Crippen molar-refractivity contribution in [3.63, 3.8) is 0 Å². The number of halogens is 1. The first-order valence-electron chi connectivity index (χ1n) is 8.91. The van der Waals surface area contributed by atoms with Crippen molar-refractivity contribution in [2.45, 2.75) is 39.0 Å². The van der Waals surface area contributed by atoms with Crippen molar-refractivity contribution >= 4 is 39.9 Å². The number of nitrogens with zero attached hydrogens (tertiary/aromatic N) is 3. The molecule has 1 aliphatic heterocycles. The van der Waals surface area contributed by atoms with E-state index >= 15 is 0 Å². The van der Waals surface area contributed by atoms with Crippen molar-refractivity contribution in [1.82, 2.24) is 20.0 Å². The van der Waals surface area contributed by atoms with Crippen LogP contribution in [0.25, 0.3) is 10.2 Å². The molecule has 0 bridgehead atoms. The van der Waals surface area contributed by atoms with Gasteiger partial charge in [0.15, 0.2) is 0 Å². The van der Waals surface area contributed by atoms with Gasteiger partial charge in [0.25, 0.3) is 5.91 Å². The number of rotatable bonds is 5. The lowest BCUT2D eigenvalue weighted by Crippen LogP contribution is -2.38. The van der Waals surface area contributed by atoms with Crippen LogP contribution in [0.2, 0.25) is 0 Å². The SMILES string of the molecule is CNCCC1CCN(C(=O)c2cc3c(C(C)C)nn(C)c3s2)CC1.Cl. The van der Waals surface area contributed by atoms with Gasteiger partial charge in [0.05, 0.1) is 10.6 Å². The maximum absolute atomic E-state index is 12.9. The van der Waals surface area contributed by atoms with Crippen LogP contribution in [-0.2, 0) is 7.05 Å². The zero-order chi connectivity index (χ0) is 17.3. The van der Waals surface area contributed by atoms with E-state index in [9.17, 15) is 4.79 Å². The highest BCUT2D eigenvalue weighted by Gasteiger charge is 2.26. The summed E-state index contributed by atoms with van der Waals surface area (Å²) in [5.74, 6) is 1.31. The number of aromatic nitrogens is 2. The van der Waals surface area contributed by atoms with Crippen molar-refractivity contribution in [3.8, 4) is 0 Å². The van der Waals surface area contributed by atoms with Crippen LogP contribution in [0.3, 0.4) is 0 Å². The molecule has 2 aromatic rings. The fourth-order valence-electron chi connectivity index (χ4n) is 3.53. The van der Waals surface area contributed by atoms with Crippen LogP contribution in [0.1, 0.15) is 54.4 Å².